The SMILES string of the molecule is OB(Oc1c[nH]c(=S)[nH]1)Oc1c[nH]c(=S)[nH]1. The monoisotopic (exact) mass is 258 g/mol. The fourth-order valence-electron chi connectivity index (χ4n) is 0.999. The number of H-pyrrole nitrogens is 4. The van der Waals surface area contributed by atoms with Gasteiger partial charge in [0.2, 0.25) is 0 Å². The maximum atomic E-state index is 9.39. The molecule has 2 aromatic heterocycles. The lowest BCUT2D eigenvalue weighted by molar-refractivity contribution is 0.289. The molecule has 0 saturated carbocycles. The molecule has 0 amide bonds. The van der Waals surface area contributed by atoms with Crippen molar-refractivity contribution in [2.45, 2.75) is 0 Å². The molecule has 16 heavy (non-hydrogen) atoms. The predicted octanol–water partition coefficient (Wildman–Crippen LogP) is 0.893. The minimum absolute atomic E-state index is 0.270. The average molecular weight is 258 g/mol. The Bertz CT molecular complexity index is 522. The first-order valence-corrected chi connectivity index (χ1v) is 5.02. The molecule has 84 valence electrons. The lowest BCUT2D eigenvalue weighted by atomic mass is 10.2. The number of aromatic nitrogens is 4. The minimum Gasteiger partial charge on any atom is -0.486 e. The number of imidazole rings is 2. The molecule has 0 saturated heterocycles. The topological polar surface area (TPSA) is 102 Å². The van der Waals surface area contributed by atoms with E-state index in [1.165, 1.54) is 12.4 Å². The van der Waals surface area contributed by atoms with E-state index in [-0.39, 0.29) is 11.8 Å². The molecule has 7 nitrogen and oxygen atoms in total. The van der Waals surface area contributed by atoms with Crippen molar-refractivity contribution in [3.8, 4) is 11.8 Å². The van der Waals surface area contributed by atoms with Crippen molar-refractivity contribution in [2.24, 2.45) is 0 Å². The van der Waals surface area contributed by atoms with Crippen LogP contribution < -0.4 is 9.31 Å². The van der Waals surface area contributed by atoms with Gasteiger partial charge >= 0.3 is 7.32 Å². The third-order valence-corrected chi connectivity index (χ3v) is 2.04. The highest BCUT2D eigenvalue weighted by molar-refractivity contribution is 7.71. The van der Waals surface area contributed by atoms with Gasteiger partial charge in [0, 0.05) is 0 Å². The van der Waals surface area contributed by atoms with Gasteiger partial charge in [0.05, 0.1) is 12.4 Å². The Kier molecular flexibility index (Phi) is 3.13. The van der Waals surface area contributed by atoms with Gasteiger partial charge < -0.3 is 34.3 Å². The molecule has 0 aliphatic heterocycles. The maximum absolute atomic E-state index is 9.39. The molecule has 0 bridgehead atoms. The van der Waals surface area contributed by atoms with Gasteiger partial charge in [-0.3, -0.25) is 0 Å². The molecule has 0 aromatic carbocycles. The molecular formula is C6H7BN4O3S2. The summed E-state index contributed by atoms with van der Waals surface area (Å²) in [6.07, 6.45) is 2.93. The standard InChI is InChI=1S/C6H7BN4O3S2/c12-7(13-3-1-8-5(15)10-3)14-4-2-9-6(16)11-4/h1-2,12H,(H2,8,10,15)(H2,9,11,16). The summed E-state index contributed by atoms with van der Waals surface area (Å²) in [5.74, 6) is 0.540. The minimum atomic E-state index is -1.47. The Morgan fingerprint density at radius 1 is 1.00 bits per heavy atom. The predicted molar refractivity (Wildman–Crippen MR) is 61.2 cm³/mol. The molecule has 0 unspecified atom stereocenters. The Balaban J connectivity index is 1.96. The third-order valence-electron chi connectivity index (χ3n) is 1.60. The van der Waals surface area contributed by atoms with E-state index in [4.69, 9.17) is 33.7 Å². The molecule has 0 aliphatic rings. The van der Waals surface area contributed by atoms with Crippen molar-refractivity contribution >= 4 is 31.8 Å². The highest BCUT2D eigenvalue weighted by Gasteiger charge is 2.22. The fraction of sp³-hybridized carbons (Fsp3) is 0. The first-order valence-electron chi connectivity index (χ1n) is 4.20. The van der Waals surface area contributed by atoms with E-state index in [1.54, 1.807) is 0 Å². The molecule has 5 N–H and O–H groups in total. The normalized spacial score (nSPS) is 10.1. The summed E-state index contributed by atoms with van der Waals surface area (Å²) in [7, 11) is -1.47. The van der Waals surface area contributed by atoms with Crippen LogP contribution in [-0.2, 0) is 0 Å². The van der Waals surface area contributed by atoms with E-state index in [2.05, 4.69) is 19.9 Å². The molecule has 2 heterocycles. The Morgan fingerprint density at radius 3 is 1.75 bits per heavy atom. The quantitative estimate of drug-likeness (QED) is 0.414. The summed E-state index contributed by atoms with van der Waals surface area (Å²) in [5.41, 5.74) is 0. The van der Waals surface area contributed by atoms with E-state index in [0.29, 0.717) is 9.54 Å². The van der Waals surface area contributed by atoms with Crippen molar-refractivity contribution in [1.29, 1.82) is 0 Å². The summed E-state index contributed by atoms with van der Waals surface area (Å²) in [4.78, 5) is 10.7. The highest BCUT2D eigenvalue weighted by Crippen LogP contribution is 2.08. The first-order chi connectivity index (χ1) is 7.63. The molecular weight excluding hydrogens is 251 g/mol. The second-order valence-corrected chi connectivity index (χ2v) is 3.57. The Hall–Kier alpha value is -1.52. The molecule has 0 fully saturated rings. The molecule has 0 spiro atoms. The van der Waals surface area contributed by atoms with E-state index in [0.717, 1.165) is 0 Å². The van der Waals surface area contributed by atoms with Crippen LogP contribution in [0.3, 0.4) is 0 Å². The number of aromatic amines is 4. The zero-order chi connectivity index (χ0) is 11.5. The van der Waals surface area contributed by atoms with Gasteiger partial charge in [-0.2, -0.15) is 0 Å². The van der Waals surface area contributed by atoms with Crippen LogP contribution in [0, 0.1) is 9.54 Å². The Morgan fingerprint density at radius 2 is 1.44 bits per heavy atom. The van der Waals surface area contributed by atoms with Crippen molar-refractivity contribution in [3.05, 3.63) is 21.9 Å². The summed E-state index contributed by atoms with van der Waals surface area (Å²) in [6.45, 7) is 0. The van der Waals surface area contributed by atoms with E-state index >= 15 is 0 Å². The number of hydrogen-bond donors (Lipinski definition) is 5. The number of hydrogen-bond acceptors (Lipinski definition) is 5. The lowest BCUT2D eigenvalue weighted by Crippen LogP contribution is -2.29. The molecule has 2 aromatic rings. The Labute approximate surface area is 100 Å². The van der Waals surface area contributed by atoms with Crippen molar-refractivity contribution in [2.75, 3.05) is 0 Å². The van der Waals surface area contributed by atoms with Crippen LogP contribution in [0.4, 0.5) is 0 Å². The average Bonchev–Trinajstić information content (AvgIpc) is 2.76. The van der Waals surface area contributed by atoms with Gasteiger partial charge in [-0.15, -0.1) is 0 Å². The largest absolute Gasteiger partial charge is 0.787 e. The summed E-state index contributed by atoms with van der Waals surface area (Å²) in [5, 5.41) is 9.39. The maximum Gasteiger partial charge on any atom is 0.787 e. The molecule has 0 atom stereocenters. The van der Waals surface area contributed by atoms with Crippen molar-refractivity contribution in [3.63, 3.8) is 0 Å². The van der Waals surface area contributed by atoms with Gasteiger partial charge in [0.25, 0.3) is 0 Å². The second kappa shape index (κ2) is 4.55. The first kappa shape index (κ1) is 11.0. The van der Waals surface area contributed by atoms with Crippen molar-refractivity contribution in [1.82, 2.24) is 19.9 Å². The van der Waals surface area contributed by atoms with Crippen LogP contribution >= 0.6 is 24.4 Å². The zero-order valence-electron chi connectivity index (χ0n) is 7.81. The van der Waals surface area contributed by atoms with Gasteiger partial charge in [-0.05, 0) is 24.4 Å². The molecule has 2 rings (SSSR count). The van der Waals surface area contributed by atoms with Crippen LogP contribution in [0.5, 0.6) is 11.8 Å². The van der Waals surface area contributed by atoms with Crippen LogP contribution in [0.2, 0.25) is 0 Å². The number of rotatable bonds is 4. The molecule has 10 heteroatoms. The summed E-state index contributed by atoms with van der Waals surface area (Å²) in [6, 6.07) is 0. The smallest absolute Gasteiger partial charge is 0.486 e. The van der Waals surface area contributed by atoms with Crippen LogP contribution in [0.25, 0.3) is 0 Å². The van der Waals surface area contributed by atoms with E-state index < -0.39 is 7.32 Å². The van der Waals surface area contributed by atoms with E-state index in [9.17, 15) is 5.02 Å². The summed E-state index contributed by atoms with van der Waals surface area (Å²) >= 11 is 9.56. The van der Waals surface area contributed by atoms with Crippen LogP contribution in [0.1, 0.15) is 0 Å². The zero-order valence-corrected chi connectivity index (χ0v) is 9.45. The van der Waals surface area contributed by atoms with Gasteiger partial charge in [-0.1, -0.05) is 0 Å². The molecule has 0 radical (unpaired) electrons. The van der Waals surface area contributed by atoms with Crippen molar-refractivity contribution < 1.29 is 14.3 Å². The number of nitrogens with one attached hydrogen (secondary N) is 4. The van der Waals surface area contributed by atoms with Gasteiger partial charge in [0.1, 0.15) is 0 Å². The fourth-order valence-corrected chi connectivity index (χ4v) is 1.32. The highest BCUT2D eigenvalue weighted by atomic mass is 32.1. The van der Waals surface area contributed by atoms with Crippen LogP contribution in [-0.4, -0.2) is 32.3 Å². The van der Waals surface area contributed by atoms with Gasteiger partial charge in [0.15, 0.2) is 21.3 Å². The summed E-state index contributed by atoms with van der Waals surface area (Å²) < 4.78 is 10.7. The third kappa shape index (κ3) is 2.75. The van der Waals surface area contributed by atoms with E-state index in [1.807, 2.05) is 0 Å². The van der Waals surface area contributed by atoms with Gasteiger partial charge in [-0.25, -0.2) is 0 Å². The van der Waals surface area contributed by atoms with Crippen LogP contribution in [0.15, 0.2) is 12.4 Å². The lowest BCUT2D eigenvalue weighted by Gasteiger charge is -2.06. The second-order valence-electron chi connectivity index (χ2n) is 2.76. The molecule has 0 aliphatic carbocycles.